The van der Waals surface area contributed by atoms with Crippen molar-refractivity contribution in [3.8, 4) is 0 Å². The predicted molar refractivity (Wildman–Crippen MR) is 233 cm³/mol. The highest BCUT2D eigenvalue weighted by atomic mass is 16.2. The Kier molecular flexibility index (Phi) is 30.4. The number of allylic oxidation sites excluding steroid dienone is 19. The molecule has 1 N–H and O–H groups in total. The van der Waals surface area contributed by atoms with Gasteiger partial charge < -0.3 is 5.11 Å². The average Bonchev–Trinajstić information content (AvgIpc) is 3.04. The first-order valence-corrected chi connectivity index (χ1v) is 20.5. The van der Waals surface area contributed by atoms with Crippen molar-refractivity contribution < 1.29 is 5.11 Å². The minimum atomic E-state index is 0.150. The van der Waals surface area contributed by atoms with Crippen LogP contribution in [0.15, 0.2) is 116 Å². The molecule has 1 heteroatoms. The van der Waals surface area contributed by atoms with Crippen LogP contribution >= 0.6 is 0 Å². The predicted octanol–water partition coefficient (Wildman–Crippen LogP) is 16.5. The third-order valence-electron chi connectivity index (χ3n) is 9.78. The average molecular weight is 699 g/mol. The molecular weight excluding hydrogens is 617 g/mol. The highest BCUT2D eigenvalue weighted by molar-refractivity contribution is 5.11. The fraction of sp³-hybridized carbons (Fsp3) is 0.600. The van der Waals surface area contributed by atoms with Crippen LogP contribution in [0.25, 0.3) is 0 Å². The number of hydrogen-bond acceptors (Lipinski definition) is 1. The highest BCUT2D eigenvalue weighted by Gasteiger charge is 1.98. The summed E-state index contributed by atoms with van der Waals surface area (Å²) >= 11 is 0. The van der Waals surface area contributed by atoms with Gasteiger partial charge in [-0.05, 0) is 192 Å². The molecule has 0 unspecified atom stereocenters. The van der Waals surface area contributed by atoms with Gasteiger partial charge in [-0.1, -0.05) is 116 Å². The molecule has 0 aliphatic carbocycles. The van der Waals surface area contributed by atoms with Crippen LogP contribution in [0.2, 0.25) is 0 Å². The van der Waals surface area contributed by atoms with E-state index in [9.17, 15) is 0 Å². The Morgan fingerprint density at radius 2 is 0.412 bits per heavy atom. The summed E-state index contributed by atoms with van der Waals surface area (Å²) in [5.74, 6) is 0. The summed E-state index contributed by atoms with van der Waals surface area (Å²) in [6.07, 6.45) is 44.5. The fourth-order valence-electron chi connectivity index (χ4n) is 6.03. The van der Waals surface area contributed by atoms with Gasteiger partial charge in [-0.3, -0.25) is 0 Å². The second-order valence-electron chi connectivity index (χ2n) is 15.8. The first-order chi connectivity index (χ1) is 24.3. The van der Waals surface area contributed by atoms with E-state index in [0.29, 0.717) is 0 Å². The SMILES string of the molecule is CC(C)=CCC/C(C)=C/CC/C(C)=C/CC/C(C)=C/CC/C(C)=C/CC/C(C)=C/CC/C(C)=C/CC/C(C)=C/CC/C(C)=C/CC/C(C)=C/CO. The molecule has 0 bridgehead atoms. The Morgan fingerprint density at radius 1 is 0.255 bits per heavy atom. The van der Waals surface area contributed by atoms with Gasteiger partial charge in [0, 0.05) is 0 Å². The molecule has 0 aromatic heterocycles. The van der Waals surface area contributed by atoms with Crippen LogP contribution in [0, 0.1) is 0 Å². The zero-order chi connectivity index (χ0) is 38.3. The van der Waals surface area contributed by atoms with Gasteiger partial charge in [0.05, 0.1) is 6.61 Å². The third-order valence-corrected chi connectivity index (χ3v) is 9.78. The number of rotatable bonds is 28. The largest absolute Gasteiger partial charge is 0.392 e. The Bertz CT molecular complexity index is 1260. The van der Waals surface area contributed by atoms with E-state index in [1.807, 2.05) is 6.08 Å². The summed E-state index contributed by atoms with van der Waals surface area (Å²) in [4.78, 5) is 0. The molecule has 0 rings (SSSR count). The van der Waals surface area contributed by atoms with E-state index in [2.05, 4.69) is 131 Å². The minimum absolute atomic E-state index is 0.150. The Morgan fingerprint density at radius 3 is 0.569 bits per heavy atom. The first-order valence-electron chi connectivity index (χ1n) is 20.5. The quantitative estimate of drug-likeness (QED) is 0.0807. The van der Waals surface area contributed by atoms with Gasteiger partial charge in [0.2, 0.25) is 0 Å². The van der Waals surface area contributed by atoms with Gasteiger partial charge >= 0.3 is 0 Å². The lowest BCUT2D eigenvalue weighted by Gasteiger charge is -2.04. The zero-order valence-corrected chi connectivity index (χ0v) is 35.7. The monoisotopic (exact) mass is 699 g/mol. The first kappa shape index (κ1) is 48.4. The van der Waals surface area contributed by atoms with E-state index in [4.69, 9.17) is 5.11 Å². The Hall–Kier alpha value is -2.64. The van der Waals surface area contributed by atoms with Crippen LogP contribution < -0.4 is 0 Å². The lowest BCUT2D eigenvalue weighted by atomic mass is 10.0. The van der Waals surface area contributed by atoms with Gasteiger partial charge in [0.15, 0.2) is 0 Å². The molecule has 288 valence electrons. The maximum atomic E-state index is 8.98. The second-order valence-corrected chi connectivity index (χ2v) is 15.8. The highest BCUT2D eigenvalue weighted by Crippen LogP contribution is 2.18. The summed E-state index contributed by atoms with van der Waals surface area (Å²) in [6.45, 7) is 24.9. The van der Waals surface area contributed by atoms with Crippen molar-refractivity contribution in [2.75, 3.05) is 6.61 Å². The molecule has 0 saturated carbocycles. The van der Waals surface area contributed by atoms with Crippen molar-refractivity contribution in [3.05, 3.63) is 116 Å². The van der Waals surface area contributed by atoms with E-state index >= 15 is 0 Å². The number of aliphatic hydroxyl groups excluding tert-OH is 1. The molecule has 0 heterocycles. The summed E-state index contributed by atoms with van der Waals surface area (Å²) in [6, 6.07) is 0. The molecule has 0 aliphatic rings. The smallest absolute Gasteiger partial charge is 0.0614 e. The summed E-state index contributed by atoms with van der Waals surface area (Å²) in [5, 5.41) is 8.98. The van der Waals surface area contributed by atoms with Crippen molar-refractivity contribution in [3.63, 3.8) is 0 Å². The van der Waals surface area contributed by atoms with Gasteiger partial charge in [-0.15, -0.1) is 0 Å². The van der Waals surface area contributed by atoms with Crippen molar-refractivity contribution in [2.24, 2.45) is 0 Å². The van der Waals surface area contributed by atoms with E-state index in [0.717, 1.165) is 64.2 Å². The lowest BCUT2D eigenvalue weighted by molar-refractivity contribution is 0.341. The topological polar surface area (TPSA) is 20.2 Å². The van der Waals surface area contributed by atoms with Crippen molar-refractivity contribution >= 4 is 0 Å². The van der Waals surface area contributed by atoms with Crippen LogP contribution in [0.1, 0.15) is 192 Å². The van der Waals surface area contributed by atoms with Crippen LogP contribution in [0.5, 0.6) is 0 Å². The molecule has 0 saturated heterocycles. The van der Waals surface area contributed by atoms with Gasteiger partial charge in [-0.2, -0.15) is 0 Å². The third kappa shape index (κ3) is 33.0. The molecule has 51 heavy (non-hydrogen) atoms. The van der Waals surface area contributed by atoms with Crippen molar-refractivity contribution in [1.82, 2.24) is 0 Å². The van der Waals surface area contributed by atoms with Gasteiger partial charge in [0.1, 0.15) is 0 Å². The number of aliphatic hydroxyl groups is 1. The summed E-state index contributed by atoms with van der Waals surface area (Å²) < 4.78 is 0. The van der Waals surface area contributed by atoms with Gasteiger partial charge in [-0.25, -0.2) is 0 Å². The maximum Gasteiger partial charge on any atom is 0.0614 e. The fourth-order valence-corrected chi connectivity index (χ4v) is 6.03. The van der Waals surface area contributed by atoms with Crippen LogP contribution in [-0.4, -0.2) is 11.7 Å². The van der Waals surface area contributed by atoms with Crippen LogP contribution in [-0.2, 0) is 0 Å². The van der Waals surface area contributed by atoms with Crippen LogP contribution in [0.3, 0.4) is 0 Å². The van der Waals surface area contributed by atoms with Crippen molar-refractivity contribution in [2.45, 2.75) is 192 Å². The van der Waals surface area contributed by atoms with Gasteiger partial charge in [0.25, 0.3) is 0 Å². The van der Waals surface area contributed by atoms with E-state index < -0.39 is 0 Å². The summed E-state index contributed by atoms with van der Waals surface area (Å²) in [5.41, 5.74) is 14.8. The second kappa shape index (κ2) is 32.0. The number of hydrogen-bond donors (Lipinski definition) is 1. The molecule has 1 nitrogen and oxygen atoms in total. The van der Waals surface area contributed by atoms with Crippen molar-refractivity contribution in [1.29, 1.82) is 0 Å². The molecular formula is C50H82O. The molecule has 0 fully saturated rings. The van der Waals surface area contributed by atoms with E-state index in [-0.39, 0.29) is 6.61 Å². The lowest BCUT2D eigenvalue weighted by Crippen LogP contribution is -1.84. The molecule has 0 aromatic carbocycles. The molecule has 0 radical (unpaired) electrons. The van der Waals surface area contributed by atoms with E-state index in [1.54, 1.807) is 0 Å². The normalized spacial score (nSPS) is 14.9. The zero-order valence-electron chi connectivity index (χ0n) is 35.7. The van der Waals surface area contributed by atoms with E-state index in [1.165, 1.54) is 107 Å². The Labute approximate surface area is 319 Å². The minimum Gasteiger partial charge on any atom is -0.392 e. The van der Waals surface area contributed by atoms with Crippen LogP contribution in [0.4, 0.5) is 0 Å². The Balaban J connectivity index is 4.24. The molecule has 0 aromatic rings. The molecule has 0 atom stereocenters. The summed E-state index contributed by atoms with van der Waals surface area (Å²) in [7, 11) is 0. The maximum absolute atomic E-state index is 8.98. The standard InChI is InChI=1S/C50H82O/c1-41(2)21-12-22-42(3)23-13-24-43(4)25-14-26-44(5)27-15-28-45(6)29-16-30-46(7)31-17-32-47(8)33-18-34-48(9)35-19-36-49(10)37-20-38-50(11)39-40-51/h21,23,25,27,29,31,33,35,37,39,51H,12-20,22,24,26,28,30,32,34,36,38,40H2,1-11H3/b42-23+,43-25+,44-27+,45-29+,46-31+,47-33+,48-35+,49-37+,50-39+. The molecule has 0 aliphatic heterocycles. The molecule has 0 amide bonds. The molecule has 0 spiro atoms.